The van der Waals surface area contributed by atoms with Gasteiger partial charge in [-0.3, -0.25) is 9.59 Å². The van der Waals surface area contributed by atoms with Crippen LogP contribution in [0.15, 0.2) is 30.5 Å². The minimum Gasteiger partial charge on any atom is -0.491 e. The number of hydrogen-bond acceptors (Lipinski definition) is 5. The van der Waals surface area contributed by atoms with Crippen LogP contribution in [-0.4, -0.2) is 57.1 Å². The van der Waals surface area contributed by atoms with Crippen molar-refractivity contribution in [2.45, 2.75) is 71.6 Å². The SMILES string of the molecule is CCn1cc(C(CC)(CC)c2ccc(OCC(O)CO)c(C)c2)cc1C(=O)N[C@H](C)C(=O)O. The van der Waals surface area contributed by atoms with Crippen molar-refractivity contribution in [3.8, 4) is 5.75 Å². The normalized spacial score (nSPS) is 13.4. The molecule has 1 unspecified atom stereocenters. The van der Waals surface area contributed by atoms with Gasteiger partial charge in [-0.2, -0.15) is 0 Å². The molecule has 2 rings (SSSR count). The Hall–Kier alpha value is -2.84. The highest BCUT2D eigenvalue weighted by atomic mass is 16.5. The third kappa shape index (κ3) is 5.75. The quantitative estimate of drug-likeness (QED) is 0.387. The van der Waals surface area contributed by atoms with Gasteiger partial charge in [0.15, 0.2) is 0 Å². The Kier molecular flexibility index (Phi) is 9.07. The zero-order valence-corrected chi connectivity index (χ0v) is 20.1. The molecule has 0 fully saturated rings. The minimum absolute atomic E-state index is 0.00989. The number of ether oxygens (including phenoxy) is 1. The van der Waals surface area contributed by atoms with Crippen molar-refractivity contribution in [1.29, 1.82) is 0 Å². The van der Waals surface area contributed by atoms with Crippen LogP contribution in [0, 0.1) is 6.92 Å². The Morgan fingerprint density at radius 2 is 1.82 bits per heavy atom. The second-order valence-corrected chi connectivity index (χ2v) is 8.35. The molecule has 2 aromatic rings. The zero-order chi connectivity index (χ0) is 24.8. The topological polar surface area (TPSA) is 121 Å². The van der Waals surface area contributed by atoms with Gasteiger partial charge in [0.2, 0.25) is 0 Å². The van der Waals surface area contributed by atoms with Gasteiger partial charge in [0.1, 0.15) is 30.2 Å². The maximum absolute atomic E-state index is 12.8. The van der Waals surface area contributed by atoms with Crippen LogP contribution in [0.2, 0.25) is 0 Å². The number of amides is 1. The van der Waals surface area contributed by atoms with Crippen LogP contribution in [-0.2, 0) is 16.8 Å². The lowest BCUT2D eigenvalue weighted by atomic mass is 9.71. The van der Waals surface area contributed by atoms with Crippen molar-refractivity contribution in [2.24, 2.45) is 0 Å². The van der Waals surface area contributed by atoms with E-state index in [0.717, 1.165) is 29.5 Å². The van der Waals surface area contributed by atoms with E-state index in [0.29, 0.717) is 18.0 Å². The van der Waals surface area contributed by atoms with Gasteiger partial charge in [0.25, 0.3) is 5.91 Å². The van der Waals surface area contributed by atoms with Gasteiger partial charge in [0.05, 0.1) is 6.61 Å². The maximum atomic E-state index is 12.8. The van der Waals surface area contributed by atoms with Crippen molar-refractivity contribution in [3.63, 3.8) is 0 Å². The van der Waals surface area contributed by atoms with Crippen LogP contribution in [0.5, 0.6) is 5.75 Å². The molecule has 0 spiro atoms. The Bertz CT molecular complexity index is 964. The third-order valence-electron chi connectivity index (χ3n) is 6.32. The van der Waals surface area contributed by atoms with Crippen LogP contribution in [0.4, 0.5) is 0 Å². The highest BCUT2D eigenvalue weighted by Crippen LogP contribution is 2.41. The molecule has 8 heteroatoms. The summed E-state index contributed by atoms with van der Waals surface area (Å²) in [5, 5.41) is 30.2. The second kappa shape index (κ2) is 11.3. The number of nitrogens with zero attached hydrogens (tertiary/aromatic N) is 1. The summed E-state index contributed by atoms with van der Waals surface area (Å²) in [5.74, 6) is -0.860. The molecule has 0 bridgehead atoms. The van der Waals surface area contributed by atoms with E-state index < -0.39 is 24.0 Å². The predicted octanol–water partition coefficient (Wildman–Crippen LogP) is 2.86. The van der Waals surface area contributed by atoms with Crippen LogP contribution in [0.25, 0.3) is 0 Å². The molecule has 1 aromatic carbocycles. The first-order valence-electron chi connectivity index (χ1n) is 11.4. The lowest BCUT2D eigenvalue weighted by Crippen LogP contribution is -2.39. The summed E-state index contributed by atoms with van der Waals surface area (Å²) in [6, 6.07) is 6.80. The van der Waals surface area contributed by atoms with Gasteiger partial charge in [0, 0.05) is 18.2 Å². The van der Waals surface area contributed by atoms with Crippen molar-refractivity contribution >= 4 is 11.9 Å². The first kappa shape index (κ1) is 26.4. The van der Waals surface area contributed by atoms with Crippen molar-refractivity contribution in [1.82, 2.24) is 9.88 Å². The van der Waals surface area contributed by atoms with E-state index in [1.54, 1.807) is 0 Å². The third-order valence-corrected chi connectivity index (χ3v) is 6.32. The molecule has 33 heavy (non-hydrogen) atoms. The highest BCUT2D eigenvalue weighted by Gasteiger charge is 2.33. The van der Waals surface area contributed by atoms with Gasteiger partial charge in [-0.25, -0.2) is 0 Å². The van der Waals surface area contributed by atoms with Gasteiger partial charge in [-0.1, -0.05) is 26.0 Å². The summed E-state index contributed by atoms with van der Waals surface area (Å²) < 4.78 is 7.49. The number of aliphatic hydroxyl groups is 2. The molecule has 0 aliphatic heterocycles. The van der Waals surface area contributed by atoms with Crippen molar-refractivity contribution < 1.29 is 29.6 Å². The molecular weight excluding hydrogens is 424 g/mol. The first-order valence-corrected chi connectivity index (χ1v) is 11.4. The van der Waals surface area contributed by atoms with Gasteiger partial charge >= 0.3 is 5.97 Å². The fourth-order valence-electron chi connectivity index (χ4n) is 4.14. The molecule has 1 heterocycles. The number of benzene rings is 1. The van der Waals surface area contributed by atoms with Crippen molar-refractivity contribution in [2.75, 3.05) is 13.2 Å². The number of aliphatic carboxylic acids is 1. The summed E-state index contributed by atoms with van der Waals surface area (Å²) in [6.07, 6.45) is 2.64. The van der Waals surface area contributed by atoms with E-state index >= 15 is 0 Å². The number of aromatic nitrogens is 1. The Morgan fingerprint density at radius 1 is 1.15 bits per heavy atom. The Labute approximate surface area is 195 Å². The standard InChI is InChI=1S/C25H36N2O6/c1-6-25(7-2,18-9-10-22(16(4)11-18)33-15-20(29)14-28)19-12-21(27(8-3)13-19)23(30)26-17(5)24(31)32/h9-13,17,20,28-29H,6-8,14-15H2,1-5H3,(H,26,30)(H,31,32)/t17-,20?/m1/s1. The zero-order valence-electron chi connectivity index (χ0n) is 20.1. The molecule has 1 aromatic heterocycles. The number of carbonyl (C=O) groups is 2. The fourth-order valence-corrected chi connectivity index (χ4v) is 4.14. The molecular formula is C25H36N2O6. The molecule has 2 atom stereocenters. The van der Waals surface area contributed by atoms with Gasteiger partial charge < -0.3 is 29.9 Å². The number of aliphatic hydroxyl groups excluding tert-OH is 2. The van der Waals surface area contributed by atoms with E-state index in [2.05, 4.69) is 25.2 Å². The van der Waals surface area contributed by atoms with Gasteiger partial charge in [-0.15, -0.1) is 0 Å². The molecule has 8 nitrogen and oxygen atoms in total. The van der Waals surface area contributed by atoms with Crippen LogP contribution in [0.1, 0.15) is 67.7 Å². The molecule has 0 saturated heterocycles. The lowest BCUT2D eigenvalue weighted by molar-refractivity contribution is -0.138. The van der Waals surface area contributed by atoms with Crippen LogP contribution >= 0.6 is 0 Å². The number of rotatable bonds is 12. The summed E-state index contributed by atoms with van der Waals surface area (Å²) in [4.78, 5) is 24.0. The monoisotopic (exact) mass is 460 g/mol. The van der Waals surface area contributed by atoms with E-state index in [1.165, 1.54) is 6.92 Å². The highest BCUT2D eigenvalue weighted by molar-refractivity contribution is 5.95. The summed E-state index contributed by atoms with van der Waals surface area (Å²) >= 11 is 0. The van der Waals surface area contributed by atoms with E-state index in [4.69, 9.17) is 14.9 Å². The van der Waals surface area contributed by atoms with Crippen LogP contribution in [0.3, 0.4) is 0 Å². The maximum Gasteiger partial charge on any atom is 0.325 e. The van der Waals surface area contributed by atoms with E-state index in [1.807, 2.05) is 42.8 Å². The molecule has 1 amide bonds. The summed E-state index contributed by atoms with van der Waals surface area (Å²) in [7, 11) is 0. The Morgan fingerprint density at radius 3 is 2.33 bits per heavy atom. The smallest absolute Gasteiger partial charge is 0.325 e. The number of aryl methyl sites for hydroxylation is 2. The number of hydrogen-bond donors (Lipinski definition) is 4. The molecule has 0 saturated carbocycles. The van der Waals surface area contributed by atoms with Gasteiger partial charge in [-0.05, 0) is 62.4 Å². The van der Waals surface area contributed by atoms with E-state index in [-0.39, 0.29) is 18.6 Å². The lowest BCUT2D eigenvalue weighted by Gasteiger charge is -2.32. The molecule has 0 radical (unpaired) electrons. The van der Waals surface area contributed by atoms with Crippen LogP contribution < -0.4 is 10.1 Å². The Balaban J connectivity index is 2.44. The predicted molar refractivity (Wildman–Crippen MR) is 126 cm³/mol. The number of nitrogens with one attached hydrogen (secondary N) is 1. The summed E-state index contributed by atoms with van der Waals surface area (Å²) in [5.41, 5.74) is 3.07. The summed E-state index contributed by atoms with van der Waals surface area (Å²) in [6.45, 7) is 9.76. The second-order valence-electron chi connectivity index (χ2n) is 8.35. The molecule has 4 N–H and O–H groups in total. The van der Waals surface area contributed by atoms with E-state index in [9.17, 15) is 14.7 Å². The van der Waals surface area contributed by atoms with Crippen molar-refractivity contribution in [3.05, 3.63) is 52.8 Å². The minimum atomic E-state index is -1.08. The molecule has 0 aliphatic carbocycles. The average Bonchev–Trinajstić information content (AvgIpc) is 3.24. The molecule has 182 valence electrons. The number of carboxylic acids is 1. The first-order chi connectivity index (χ1) is 15.6. The average molecular weight is 461 g/mol. The number of carbonyl (C=O) groups excluding carboxylic acids is 1. The fraction of sp³-hybridized carbons (Fsp3) is 0.520. The number of carboxylic acid groups (broad SMARTS) is 1. The molecule has 0 aliphatic rings. The largest absolute Gasteiger partial charge is 0.491 e.